The first-order chi connectivity index (χ1) is 7.56. The summed E-state index contributed by atoms with van der Waals surface area (Å²) in [5.74, 6) is 0. The molecule has 3 N–H and O–H groups in total. The molecular formula is C14H23NO. The van der Waals surface area contributed by atoms with Gasteiger partial charge >= 0.3 is 0 Å². The molecule has 0 aliphatic rings. The molecule has 0 aliphatic carbocycles. The number of nitrogens with two attached hydrogens (primary N) is 1. The number of hydrogen-bond donors (Lipinski definition) is 2. The first-order valence-electron chi connectivity index (χ1n) is 5.94. The standard InChI is InChI=1S/C14H23NO/c1-4-14(9-15,10-16)8-13-6-5-11(2)12(3)7-13/h5-7,16H,4,8-10,15H2,1-3H3. The Morgan fingerprint density at radius 2 is 1.94 bits per heavy atom. The van der Waals surface area contributed by atoms with Crippen molar-refractivity contribution in [3.05, 3.63) is 34.9 Å². The molecule has 0 radical (unpaired) electrons. The summed E-state index contributed by atoms with van der Waals surface area (Å²) < 4.78 is 0. The van der Waals surface area contributed by atoms with Crippen molar-refractivity contribution in [2.24, 2.45) is 11.1 Å². The molecule has 1 aromatic carbocycles. The number of benzene rings is 1. The van der Waals surface area contributed by atoms with Crippen LogP contribution in [0, 0.1) is 19.3 Å². The van der Waals surface area contributed by atoms with Crippen molar-refractivity contribution in [3.63, 3.8) is 0 Å². The summed E-state index contributed by atoms with van der Waals surface area (Å²) in [4.78, 5) is 0. The SMILES string of the molecule is CCC(CN)(CO)Cc1ccc(C)c(C)c1. The molecule has 0 saturated heterocycles. The van der Waals surface area contributed by atoms with Gasteiger partial charge in [-0.1, -0.05) is 25.1 Å². The minimum absolute atomic E-state index is 0.151. The normalized spacial score (nSPS) is 14.8. The number of aliphatic hydroxyl groups is 1. The Morgan fingerprint density at radius 3 is 2.38 bits per heavy atom. The highest BCUT2D eigenvalue weighted by molar-refractivity contribution is 5.30. The van der Waals surface area contributed by atoms with Gasteiger partial charge < -0.3 is 10.8 Å². The van der Waals surface area contributed by atoms with Gasteiger partial charge in [-0.3, -0.25) is 0 Å². The highest BCUT2D eigenvalue weighted by atomic mass is 16.3. The molecule has 1 atom stereocenters. The van der Waals surface area contributed by atoms with E-state index in [1.165, 1.54) is 16.7 Å². The lowest BCUT2D eigenvalue weighted by molar-refractivity contribution is 0.127. The molecule has 0 fully saturated rings. The first-order valence-corrected chi connectivity index (χ1v) is 5.94. The van der Waals surface area contributed by atoms with Crippen LogP contribution in [0.2, 0.25) is 0 Å². The van der Waals surface area contributed by atoms with Crippen molar-refractivity contribution in [2.75, 3.05) is 13.2 Å². The van der Waals surface area contributed by atoms with Gasteiger partial charge in [-0.2, -0.15) is 0 Å². The summed E-state index contributed by atoms with van der Waals surface area (Å²) in [7, 11) is 0. The van der Waals surface area contributed by atoms with Gasteiger partial charge in [0.1, 0.15) is 0 Å². The Bertz CT molecular complexity index is 334. The number of aryl methyl sites for hydroxylation is 2. The molecule has 0 saturated carbocycles. The Kier molecular flexibility index (Phi) is 4.51. The zero-order valence-electron chi connectivity index (χ0n) is 10.6. The molecule has 1 aromatic rings. The van der Waals surface area contributed by atoms with E-state index < -0.39 is 0 Å². The molecule has 1 rings (SSSR count). The fourth-order valence-corrected chi connectivity index (χ4v) is 1.92. The second-order valence-electron chi connectivity index (χ2n) is 4.81. The maximum Gasteiger partial charge on any atom is 0.0502 e. The summed E-state index contributed by atoms with van der Waals surface area (Å²) >= 11 is 0. The van der Waals surface area contributed by atoms with Crippen LogP contribution in [-0.4, -0.2) is 18.3 Å². The van der Waals surface area contributed by atoms with Crippen LogP contribution in [0.5, 0.6) is 0 Å². The van der Waals surface area contributed by atoms with Crippen LogP contribution in [-0.2, 0) is 6.42 Å². The van der Waals surface area contributed by atoms with Crippen molar-refractivity contribution in [2.45, 2.75) is 33.6 Å². The highest BCUT2D eigenvalue weighted by Crippen LogP contribution is 2.26. The minimum Gasteiger partial charge on any atom is -0.396 e. The largest absolute Gasteiger partial charge is 0.396 e. The minimum atomic E-state index is -0.151. The molecule has 0 spiro atoms. The van der Waals surface area contributed by atoms with Crippen molar-refractivity contribution >= 4 is 0 Å². The number of aliphatic hydroxyl groups excluding tert-OH is 1. The Hall–Kier alpha value is -0.860. The Balaban J connectivity index is 2.89. The Labute approximate surface area is 98.5 Å². The summed E-state index contributed by atoms with van der Waals surface area (Å²) in [6.45, 7) is 7.01. The molecule has 0 aromatic heterocycles. The van der Waals surface area contributed by atoms with E-state index in [4.69, 9.17) is 5.73 Å². The fourth-order valence-electron chi connectivity index (χ4n) is 1.92. The molecule has 0 amide bonds. The van der Waals surface area contributed by atoms with E-state index in [1.807, 2.05) is 0 Å². The maximum absolute atomic E-state index is 9.48. The average Bonchev–Trinajstić information content (AvgIpc) is 2.31. The van der Waals surface area contributed by atoms with E-state index in [9.17, 15) is 5.11 Å². The van der Waals surface area contributed by atoms with Crippen molar-refractivity contribution in [1.82, 2.24) is 0 Å². The smallest absolute Gasteiger partial charge is 0.0502 e. The summed E-state index contributed by atoms with van der Waals surface area (Å²) in [5, 5.41) is 9.48. The lowest BCUT2D eigenvalue weighted by Gasteiger charge is -2.29. The molecule has 0 bridgehead atoms. The van der Waals surface area contributed by atoms with Crippen molar-refractivity contribution in [3.8, 4) is 0 Å². The molecule has 0 heterocycles. The predicted molar refractivity (Wildman–Crippen MR) is 68.5 cm³/mol. The van der Waals surface area contributed by atoms with E-state index in [0.29, 0.717) is 6.54 Å². The van der Waals surface area contributed by atoms with Crippen LogP contribution < -0.4 is 5.73 Å². The van der Waals surface area contributed by atoms with Crippen molar-refractivity contribution < 1.29 is 5.11 Å². The third-order valence-corrected chi connectivity index (χ3v) is 3.67. The van der Waals surface area contributed by atoms with E-state index in [1.54, 1.807) is 0 Å². The lowest BCUT2D eigenvalue weighted by atomic mass is 9.79. The third kappa shape index (κ3) is 2.83. The topological polar surface area (TPSA) is 46.2 Å². The van der Waals surface area contributed by atoms with Gasteiger partial charge in [0.15, 0.2) is 0 Å². The number of rotatable bonds is 5. The van der Waals surface area contributed by atoms with Crippen LogP contribution in [0.25, 0.3) is 0 Å². The van der Waals surface area contributed by atoms with Crippen LogP contribution >= 0.6 is 0 Å². The van der Waals surface area contributed by atoms with Crippen LogP contribution in [0.3, 0.4) is 0 Å². The van der Waals surface area contributed by atoms with Gasteiger partial charge in [0.25, 0.3) is 0 Å². The van der Waals surface area contributed by atoms with Crippen LogP contribution in [0.15, 0.2) is 18.2 Å². The van der Waals surface area contributed by atoms with Crippen LogP contribution in [0.1, 0.15) is 30.0 Å². The number of hydrogen-bond acceptors (Lipinski definition) is 2. The fraction of sp³-hybridized carbons (Fsp3) is 0.571. The van der Waals surface area contributed by atoms with E-state index in [-0.39, 0.29) is 12.0 Å². The van der Waals surface area contributed by atoms with Crippen molar-refractivity contribution in [1.29, 1.82) is 0 Å². The van der Waals surface area contributed by atoms with Gasteiger partial charge in [-0.15, -0.1) is 0 Å². The molecular weight excluding hydrogens is 198 g/mol. The molecule has 0 aliphatic heterocycles. The molecule has 2 heteroatoms. The van der Waals surface area contributed by atoms with Gasteiger partial charge in [0.2, 0.25) is 0 Å². The van der Waals surface area contributed by atoms with E-state index >= 15 is 0 Å². The van der Waals surface area contributed by atoms with Gasteiger partial charge in [0.05, 0.1) is 6.61 Å². The maximum atomic E-state index is 9.48. The second kappa shape index (κ2) is 5.46. The molecule has 16 heavy (non-hydrogen) atoms. The summed E-state index contributed by atoms with van der Waals surface area (Å²) in [6.07, 6.45) is 1.77. The Morgan fingerprint density at radius 1 is 1.25 bits per heavy atom. The predicted octanol–water partition coefficient (Wildman–Crippen LogP) is 2.19. The van der Waals surface area contributed by atoms with Gasteiger partial charge in [-0.05, 0) is 43.4 Å². The highest BCUT2D eigenvalue weighted by Gasteiger charge is 2.25. The summed E-state index contributed by atoms with van der Waals surface area (Å²) in [6, 6.07) is 6.47. The average molecular weight is 221 g/mol. The quantitative estimate of drug-likeness (QED) is 0.800. The summed E-state index contributed by atoms with van der Waals surface area (Å²) in [5.41, 5.74) is 9.51. The van der Waals surface area contributed by atoms with Gasteiger partial charge in [0, 0.05) is 12.0 Å². The zero-order valence-corrected chi connectivity index (χ0v) is 10.6. The zero-order chi connectivity index (χ0) is 12.2. The molecule has 90 valence electrons. The van der Waals surface area contributed by atoms with E-state index in [2.05, 4.69) is 39.0 Å². The molecule has 1 unspecified atom stereocenters. The van der Waals surface area contributed by atoms with Gasteiger partial charge in [-0.25, -0.2) is 0 Å². The van der Waals surface area contributed by atoms with E-state index in [0.717, 1.165) is 12.8 Å². The first kappa shape index (κ1) is 13.2. The molecule has 2 nitrogen and oxygen atoms in total. The third-order valence-electron chi connectivity index (χ3n) is 3.67. The van der Waals surface area contributed by atoms with Crippen LogP contribution in [0.4, 0.5) is 0 Å². The monoisotopic (exact) mass is 221 g/mol. The lowest BCUT2D eigenvalue weighted by Crippen LogP contribution is -2.35. The second-order valence-corrected chi connectivity index (χ2v) is 4.81.